The molecule has 0 atom stereocenters. The van der Waals surface area contributed by atoms with Gasteiger partial charge in [0.15, 0.2) is 11.6 Å². The van der Waals surface area contributed by atoms with E-state index in [9.17, 15) is 13.2 Å². The molecule has 1 aliphatic rings. The van der Waals surface area contributed by atoms with Crippen LogP contribution >= 0.6 is 11.3 Å². The summed E-state index contributed by atoms with van der Waals surface area (Å²) in [5.41, 5.74) is 0. The zero-order valence-electron chi connectivity index (χ0n) is 16.4. The summed E-state index contributed by atoms with van der Waals surface area (Å²) in [6.07, 6.45) is 3.80. The number of hydrogen-bond acceptors (Lipinski definition) is 7. The number of nitrogens with zero attached hydrogens (tertiary/aromatic N) is 5. The normalized spacial score (nSPS) is 15.3. The molecule has 4 rings (SSSR count). The minimum absolute atomic E-state index is 0.145. The van der Waals surface area contributed by atoms with Gasteiger partial charge >= 0.3 is 0 Å². The molecule has 0 aromatic carbocycles. The molecule has 0 unspecified atom stereocenters. The number of piperazine rings is 1. The van der Waals surface area contributed by atoms with Gasteiger partial charge in [0.1, 0.15) is 4.21 Å². The summed E-state index contributed by atoms with van der Waals surface area (Å²) in [5, 5.41) is 11.2. The Balaban J connectivity index is 1.38. The van der Waals surface area contributed by atoms with Gasteiger partial charge in [-0.3, -0.25) is 4.79 Å². The van der Waals surface area contributed by atoms with Crippen LogP contribution < -0.4 is 10.2 Å². The molecule has 11 heteroatoms. The van der Waals surface area contributed by atoms with Crippen LogP contribution in [0.25, 0.3) is 5.82 Å². The van der Waals surface area contributed by atoms with Crippen LogP contribution in [0.3, 0.4) is 0 Å². The van der Waals surface area contributed by atoms with Gasteiger partial charge in [0, 0.05) is 50.4 Å². The number of nitrogens with one attached hydrogen (secondary N) is 1. The fourth-order valence-electron chi connectivity index (χ4n) is 3.20. The van der Waals surface area contributed by atoms with Crippen LogP contribution in [0.1, 0.15) is 11.8 Å². The number of carbonyl (C=O) groups is 1. The first-order valence-corrected chi connectivity index (χ1v) is 11.7. The summed E-state index contributed by atoms with van der Waals surface area (Å²) in [6, 6.07) is 11.0. The molecule has 1 aliphatic heterocycles. The summed E-state index contributed by atoms with van der Waals surface area (Å²) in [7, 11) is -3.55. The molecule has 0 aliphatic carbocycles. The first kappa shape index (κ1) is 20.5. The largest absolute Gasteiger partial charge is 0.352 e. The van der Waals surface area contributed by atoms with Crippen molar-refractivity contribution in [1.29, 1.82) is 0 Å². The van der Waals surface area contributed by atoms with Gasteiger partial charge in [-0.2, -0.15) is 4.31 Å². The molecule has 9 nitrogen and oxygen atoms in total. The monoisotopic (exact) mass is 446 g/mol. The number of hydrogen-bond donors (Lipinski definition) is 1. The number of carbonyl (C=O) groups excluding carboxylic acids is 1. The minimum atomic E-state index is -3.55. The van der Waals surface area contributed by atoms with Gasteiger partial charge in [0.05, 0.1) is 6.54 Å². The molecule has 3 aromatic rings. The van der Waals surface area contributed by atoms with Crippen molar-refractivity contribution in [2.24, 2.45) is 0 Å². The Labute approximate surface area is 179 Å². The van der Waals surface area contributed by atoms with E-state index in [0.29, 0.717) is 36.9 Å². The van der Waals surface area contributed by atoms with E-state index in [1.54, 1.807) is 12.1 Å². The second kappa shape index (κ2) is 8.54. The highest BCUT2D eigenvalue weighted by Crippen LogP contribution is 2.26. The molecule has 1 saturated heterocycles. The molecule has 3 aromatic heterocycles. The van der Waals surface area contributed by atoms with Gasteiger partial charge < -0.3 is 14.8 Å². The molecule has 1 fully saturated rings. The Bertz CT molecular complexity index is 1100. The van der Waals surface area contributed by atoms with Gasteiger partial charge in [0.2, 0.25) is 5.91 Å². The maximum absolute atomic E-state index is 13.0. The Hall–Kier alpha value is -2.76. The number of anilines is 1. The van der Waals surface area contributed by atoms with Crippen LogP contribution in [0.2, 0.25) is 0 Å². The lowest BCUT2D eigenvalue weighted by molar-refractivity contribution is -0.119. The lowest BCUT2D eigenvalue weighted by atomic mass is 10.3. The van der Waals surface area contributed by atoms with Crippen LogP contribution in [0.15, 0.2) is 53.0 Å². The van der Waals surface area contributed by atoms with Crippen molar-refractivity contribution in [2.75, 3.05) is 31.1 Å². The van der Waals surface area contributed by atoms with Gasteiger partial charge in [-0.15, -0.1) is 21.5 Å². The topological polar surface area (TPSA) is 100 Å². The van der Waals surface area contributed by atoms with E-state index in [-0.39, 0.29) is 5.91 Å². The zero-order valence-corrected chi connectivity index (χ0v) is 18.1. The van der Waals surface area contributed by atoms with Crippen LogP contribution in [-0.2, 0) is 21.4 Å². The number of aromatic nitrogens is 3. The highest BCUT2D eigenvalue weighted by atomic mass is 32.2. The SMILES string of the molecule is CC(=O)NCc1ccc(S(=O)(=O)N2CCN(c3ccc(-n4cccc4)nn3)CC2)s1. The predicted molar refractivity (Wildman–Crippen MR) is 114 cm³/mol. The number of sulfonamides is 1. The molecule has 1 N–H and O–H groups in total. The highest BCUT2D eigenvalue weighted by Gasteiger charge is 2.30. The summed E-state index contributed by atoms with van der Waals surface area (Å²) in [4.78, 5) is 13.9. The van der Waals surface area contributed by atoms with E-state index >= 15 is 0 Å². The molecule has 0 spiro atoms. The Morgan fingerprint density at radius 1 is 1.03 bits per heavy atom. The molecule has 0 bridgehead atoms. The molecule has 30 heavy (non-hydrogen) atoms. The number of amides is 1. The molecule has 158 valence electrons. The molecule has 0 saturated carbocycles. The molecular weight excluding hydrogens is 424 g/mol. The third-order valence-electron chi connectivity index (χ3n) is 4.81. The Morgan fingerprint density at radius 2 is 1.70 bits per heavy atom. The fourth-order valence-corrected chi connectivity index (χ4v) is 6.07. The lowest BCUT2D eigenvalue weighted by Gasteiger charge is -2.34. The first-order chi connectivity index (χ1) is 14.4. The summed E-state index contributed by atoms with van der Waals surface area (Å²) in [5.74, 6) is 1.32. The van der Waals surface area contributed by atoms with E-state index in [4.69, 9.17) is 0 Å². The third-order valence-corrected chi connectivity index (χ3v) is 8.26. The van der Waals surface area contributed by atoms with Crippen molar-refractivity contribution >= 4 is 33.1 Å². The zero-order chi connectivity index (χ0) is 21.1. The van der Waals surface area contributed by atoms with Crippen molar-refractivity contribution in [1.82, 2.24) is 24.4 Å². The Kier molecular flexibility index (Phi) is 5.84. The standard InChI is InChI=1S/C19H22N6O3S2/c1-15(26)20-14-16-4-7-19(29-16)30(27,28)25-12-10-24(11-13-25)18-6-5-17(21-22-18)23-8-2-3-9-23/h2-9H,10-14H2,1H3,(H,20,26). The van der Waals surface area contributed by atoms with E-state index in [0.717, 1.165) is 16.5 Å². The average molecular weight is 447 g/mol. The summed E-state index contributed by atoms with van der Waals surface area (Å²) >= 11 is 1.19. The van der Waals surface area contributed by atoms with Crippen LogP contribution in [0.5, 0.6) is 0 Å². The minimum Gasteiger partial charge on any atom is -0.352 e. The second-order valence-electron chi connectivity index (χ2n) is 6.86. The van der Waals surface area contributed by atoms with E-state index in [1.807, 2.05) is 46.1 Å². The van der Waals surface area contributed by atoms with Crippen molar-refractivity contribution in [3.8, 4) is 5.82 Å². The number of thiophene rings is 1. The highest BCUT2D eigenvalue weighted by molar-refractivity contribution is 7.91. The van der Waals surface area contributed by atoms with Crippen molar-refractivity contribution in [3.05, 3.63) is 53.7 Å². The van der Waals surface area contributed by atoms with Crippen molar-refractivity contribution < 1.29 is 13.2 Å². The maximum atomic E-state index is 13.0. The van der Waals surface area contributed by atoms with E-state index in [2.05, 4.69) is 15.5 Å². The lowest BCUT2D eigenvalue weighted by Crippen LogP contribution is -2.48. The number of rotatable bonds is 6. The molecular formula is C19H22N6O3S2. The maximum Gasteiger partial charge on any atom is 0.252 e. The van der Waals surface area contributed by atoms with Crippen LogP contribution in [0, 0.1) is 0 Å². The predicted octanol–water partition coefficient (Wildman–Crippen LogP) is 1.48. The third kappa shape index (κ3) is 4.37. The molecule has 0 radical (unpaired) electrons. The first-order valence-electron chi connectivity index (χ1n) is 9.49. The van der Waals surface area contributed by atoms with Gasteiger partial charge in [-0.1, -0.05) is 0 Å². The summed E-state index contributed by atoms with van der Waals surface area (Å²) in [6.45, 7) is 3.61. The van der Waals surface area contributed by atoms with Crippen LogP contribution in [0.4, 0.5) is 5.82 Å². The van der Waals surface area contributed by atoms with Gasteiger partial charge in [-0.05, 0) is 36.4 Å². The molecule has 1 amide bonds. The quantitative estimate of drug-likeness (QED) is 0.616. The second-order valence-corrected chi connectivity index (χ2v) is 10.2. The Morgan fingerprint density at radius 3 is 2.33 bits per heavy atom. The van der Waals surface area contributed by atoms with Gasteiger partial charge in [-0.25, -0.2) is 8.42 Å². The smallest absolute Gasteiger partial charge is 0.252 e. The van der Waals surface area contributed by atoms with Crippen LogP contribution in [-0.4, -0.2) is 59.6 Å². The van der Waals surface area contributed by atoms with Crippen molar-refractivity contribution in [3.63, 3.8) is 0 Å². The van der Waals surface area contributed by atoms with E-state index < -0.39 is 10.0 Å². The fraction of sp³-hybridized carbons (Fsp3) is 0.316. The van der Waals surface area contributed by atoms with E-state index in [1.165, 1.54) is 22.6 Å². The summed E-state index contributed by atoms with van der Waals surface area (Å²) < 4.78 is 29.6. The molecule has 4 heterocycles. The van der Waals surface area contributed by atoms with Gasteiger partial charge in [0.25, 0.3) is 10.0 Å². The van der Waals surface area contributed by atoms with Crippen molar-refractivity contribution in [2.45, 2.75) is 17.7 Å². The average Bonchev–Trinajstić information content (AvgIpc) is 3.45.